The topological polar surface area (TPSA) is 86.0 Å². The van der Waals surface area contributed by atoms with Crippen LogP contribution in [0.5, 0.6) is 0 Å². The van der Waals surface area contributed by atoms with Crippen molar-refractivity contribution in [1.82, 2.24) is 14.6 Å². The summed E-state index contributed by atoms with van der Waals surface area (Å²) in [6, 6.07) is 1.76. The van der Waals surface area contributed by atoms with Crippen molar-refractivity contribution in [2.75, 3.05) is 31.2 Å². The van der Waals surface area contributed by atoms with Crippen molar-refractivity contribution in [1.29, 1.82) is 0 Å². The van der Waals surface area contributed by atoms with Crippen LogP contribution in [0.25, 0.3) is 5.65 Å². The second-order valence-corrected chi connectivity index (χ2v) is 5.35. The fourth-order valence-corrected chi connectivity index (χ4v) is 2.46. The standard InChI is InChI=1S/C15H18N4O4/c1-10(20)13-7-14(18-3-5-22-6-4-18)17-19-8-12(16-15(13)19)9-23-11(2)21/h7-8H,3-6,9H2,1-2H3. The van der Waals surface area contributed by atoms with E-state index >= 15 is 0 Å². The van der Waals surface area contributed by atoms with Gasteiger partial charge in [0.25, 0.3) is 0 Å². The number of rotatable bonds is 4. The summed E-state index contributed by atoms with van der Waals surface area (Å²) in [5.74, 6) is 0.245. The largest absolute Gasteiger partial charge is 0.459 e. The third kappa shape index (κ3) is 3.31. The summed E-state index contributed by atoms with van der Waals surface area (Å²) in [6.45, 7) is 5.62. The Morgan fingerprint density at radius 1 is 1.30 bits per heavy atom. The summed E-state index contributed by atoms with van der Waals surface area (Å²) in [7, 11) is 0. The molecule has 1 aliphatic rings. The SMILES string of the molecule is CC(=O)OCc1cn2nc(N3CCOCC3)cc(C(C)=O)c2n1. The van der Waals surface area contributed by atoms with Crippen molar-refractivity contribution in [2.24, 2.45) is 0 Å². The summed E-state index contributed by atoms with van der Waals surface area (Å²) in [6.07, 6.45) is 1.68. The van der Waals surface area contributed by atoms with Gasteiger partial charge in [0.15, 0.2) is 17.2 Å². The summed E-state index contributed by atoms with van der Waals surface area (Å²) in [5, 5.41) is 4.52. The van der Waals surface area contributed by atoms with Crippen molar-refractivity contribution < 1.29 is 19.1 Å². The molecule has 0 spiro atoms. The van der Waals surface area contributed by atoms with E-state index in [0.29, 0.717) is 35.9 Å². The molecule has 2 aromatic rings. The van der Waals surface area contributed by atoms with Gasteiger partial charge in [-0.25, -0.2) is 9.50 Å². The van der Waals surface area contributed by atoms with Crippen LogP contribution in [0, 0.1) is 0 Å². The van der Waals surface area contributed by atoms with Gasteiger partial charge in [0, 0.05) is 20.0 Å². The molecule has 0 saturated carbocycles. The van der Waals surface area contributed by atoms with Gasteiger partial charge < -0.3 is 14.4 Å². The fourth-order valence-electron chi connectivity index (χ4n) is 2.46. The minimum Gasteiger partial charge on any atom is -0.459 e. The van der Waals surface area contributed by atoms with Crippen LogP contribution in [0.1, 0.15) is 29.9 Å². The van der Waals surface area contributed by atoms with Gasteiger partial charge in [0.1, 0.15) is 6.61 Å². The Bertz CT molecular complexity index is 749. The highest BCUT2D eigenvalue weighted by Gasteiger charge is 2.18. The minimum absolute atomic E-state index is 0.0585. The minimum atomic E-state index is -0.379. The number of imidazole rings is 1. The van der Waals surface area contributed by atoms with Crippen LogP contribution in [0.3, 0.4) is 0 Å². The zero-order chi connectivity index (χ0) is 16.4. The summed E-state index contributed by atoms with van der Waals surface area (Å²) >= 11 is 0. The first-order chi connectivity index (χ1) is 11.0. The molecule has 3 heterocycles. The van der Waals surface area contributed by atoms with E-state index in [4.69, 9.17) is 9.47 Å². The molecule has 0 unspecified atom stereocenters. The summed E-state index contributed by atoms with van der Waals surface area (Å²) in [5.41, 5.74) is 1.52. The zero-order valence-corrected chi connectivity index (χ0v) is 13.1. The molecule has 0 atom stereocenters. The van der Waals surface area contributed by atoms with Crippen molar-refractivity contribution in [3.05, 3.63) is 23.5 Å². The molecule has 0 bridgehead atoms. The molecule has 3 rings (SSSR count). The quantitative estimate of drug-likeness (QED) is 0.609. The highest BCUT2D eigenvalue weighted by atomic mass is 16.5. The maximum atomic E-state index is 12.0. The lowest BCUT2D eigenvalue weighted by Crippen LogP contribution is -2.37. The van der Waals surface area contributed by atoms with Crippen LogP contribution in [0.15, 0.2) is 12.3 Å². The molecule has 0 aromatic carbocycles. The first-order valence-electron chi connectivity index (χ1n) is 7.41. The van der Waals surface area contributed by atoms with Crippen LogP contribution in [0.2, 0.25) is 0 Å². The molecule has 23 heavy (non-hydrogen) atoms. The predicted molar refractivity (Wildman–Crippen MR) is 81.5 cm³/mol. The molecule has 122 valence electrons. The first kappa shape index (κ1) is 15.4. The number of fused-ring (bicyclic) bond motifs is 1. The maximum Gasteiger partial charge on any atom is 0.303 e. The average molecular weight is 318 g/mol. The number of anilines is 1. The van der Waals surface area contributed by atoms with E-state index in [0.717, 1.165) is 13.1 Å². The normalized spacial score (nSPS) is 15.0. The van der Waals surface area contributed by atoms with Gasteiger partial charge in [-0.3, -0.25) is 9.59 Å². The molecular weight excluding hydrogens is 300 g/mol. The van der Waals surface area contributed by atoms with Gasteiger partial charge in [0.05, 0.1) is 30.7 Å². The van der Waals surface area contributed by atoms with Gasteiger partial charge in [-0.1, -0.05) is 0 Å². The number of nitrogens with zero attached hydrogens (tertiary/aromatic N) is 4. The first-order valence-corrected chi connectivity index (χ1v) is 7.41. The van der Waals surface area contributed by atoms with Crippen LogP contribution in [-0.2, 0) is 20.9 Å². The lowest BCUT2D eigenvalue weighted by atomic mass is 10.2. The van der Waals surface area contributed by atoms with Crippen molar-refractivity contribution in [3.8, 4) is 0 Å². The number of carbonyl (C=O) groups is 2. The van der Waals surface area contributed by atoms with Gasteiger partial charge in [-0.15, -0.1) is 5.10 Å². The lowest BCUT2D eigenvalue weighted by Gasteiger charge is -2.27. The van der Waals surface area contributed by atoms with E-state index in [1.165, 1.54) is 13.8 Å². The predicted octanol–water partition coefficient (Wildman–Crippen LogP) is 0.832. The average Bonchev–Trinajstić information content (AvgIpc) is 2.95. The molecular formula is C15H18N4O4. The molecule has 8 heteroatoms. The van der Waals surface area contributed by atoms with Crippen LogP contribution < -0.4 is 4.90 Å². The number of carbonyl (C=O) groups excluding carboxylic acids is 2. The molecule has 1 aliphatic heterocycles. The molecule has 2 aromatic heterocycles. The Morgan fingerprint density at radius 2 is 2.04 bits per heavy atom. The molecule has 1 fully saturated rings. The Labute approximate surface area is 133 Å². The Hall–Kier alpha value is -2.48. The van der Waals surface area contributed by atoms with E-state index < -0.39 is 0 Å². The summed E-state index contributed by atoms with van der Waals surface area (Å²) in [4.78, 5) is 29.3. The number of aromatic nitrogens is 3. The third-order valence-corrected chi connectivity index (χ3v) is 3.60. The number of hydrogen-bond acceptors (Lipinski definition) is 7. The highest BCUT2D eigenvalue weighted by Crippen LogP contribution is 2.19. The zero-order valence-electron chi connectivity index (χ0n) is 13.1. The van der Waals surface area contributed by atoms with Gasteiger partial charge in [-0.2, -0.15) is 0 Å². The number of ether oxygens (including phenoxy) is 2. The number of morpholine rings is 1. The second-order valence-electron chi connectivity index (χ2n) is 5.35. The summed E-state index contributed by atoms with van der Waals surface area (Å²) < 4.78 is 11.9. The van der Waals surface area contributed by atoms with Crippen LogP contribution >= 0.6 is 0 Å². The molecule has 1 saturated heterocycles. The number of hydrogen-bond donors (Lipinski definition) is 0. The van der Waals surface area contributed by atoms with Gasteiger partial charge >= 0.3 is 5.97 Å². The number of esters is 1. The second kappa shape index (κ2) is 6.33. The van der Waals surface area contributed by atoms with E-state index in [9.17, 15) is 9.59 Å². The van der Waals surface area contributed by atoms with E-state index in [1.807, 2.05) is 0 Å². The van der Waals surface area contributed by atoms with E-state index in [1.54, 1.807) is 16.8 Å². The van der Waals surface area contributed by atoms with Gasteiger partial charge in [-0.05, 0) is 13.0 Å². The Morgan fingerprint density at radius 3 is 2.70 bits per heavy atom. The molecule has 0 radical (unpaired) electrons. The number of Topliss-reactive ketones (excluding diaryl/α,β-unsaturated/α-hetero) is 1. The van der Waals surface area contributed by atoms with E-state index in [-0.39, 0.29) is 18.4 Å². The molecule has 0 aliphatic carbocycles. The monoisotopic (exact) mass is 318 g/mol. The highest BCUT2D eigenvalue weighted by molar-refractivity contribution is 6.00. The van der Waals surface area contributed by atoms with Crippen molar-refractivity contribution in [3.63, 3.8) is 0 Å². The Balaban J connectivity index is 1.99. The maximum absolute atomic E-state index is 12.0. The Kier molecular flexibility index (Phi) is 4.24. The molecule has 8 nitrogen and oxygen atoms in total. The molecule has 0 N–H and O–H groups in total. The molecule has 0 amide bonds. The number of ketones is 1. The lowest BCUT2D eigenvalue weighted by molar-refractivity contribution is -0.142. The smallest absolute Gasteiger partial charge is 0.303 e. The van der Waals surface area contributed by atoms with Crippen molar-refractivity contribution >= 4 is 23.2 Å². The van der Waals surface area contributed by atoms with Crippen molar-refractivity contribution in [2.45, 2.75) is 20.5 Å². The van der Waals surface area contributed by atoms with E-state index in [2.05, 4.69) is 15.0 Å². The van der Waals surface area contributed by atoms with Crippen LogP contribution in [0.4, 0.5) is 5.82 Å². The van der Waals surface area contributed by atoms with Crippen LogP contribution in [-0.4, -0.2) is 52.7 Å². The third-order valence-electron chi connectivity index (χ3n) is 3.60. The van der Waals surface area contributed by atoms with Gasteiger partial charge in [0.2, 0.25) is 0 Å². The fraction of sp³-hybridized carbons (Fsp3) is 0.467.